The van der Waals surface area contributed by atoms with Gasteiger partial charge in [0.05, 0.1) is 11.5 Å². The molecule has 2 N–H and O–H groups in total. The molecule has 1 aromatic carbocycles. The van der Waals surface area contributed by atoms with Crippen LogP contribution in [0.3, 0.4) is 0 Å². The minimum Gasteiger partial charge on any atom is -0.398 e. The maximum absolute atomic E-state index is 13.5. The van der Waals surface area contributed by atoms with E-state index in [1.807, 2.05) is 27.7 Å². The van der Waals surface area contributed by atoms with Gasteiger partial charge in [-0.3, -0.25) is 0 Å². The standard InChI is InChI=1S/C18H23F3N2/c1-10(2)17(11(3)4)8-7-14(18(19,20)21)12-5-6-15(23)13(9-22)16(12)17/h5-6,10-11,14H,7-8,23H2,1-4H3. The highest BCUT2D eigenvalue weighted by Gasteiger charge is 2.52. The van der Waals surface area contributed by atoms with Gasteiger partial charge in [0, 0.05) is 11.1 Å². The Hall–Kier alpha value is -1.70. The second kappa shape index (κ2) is 5.74. The van der Waals surface area contributed by atoms with Crippen molar-refractivity contribution in [1.82, 2.24) is 0 Å². The molecule has 2 nitrogen and oxygen atoms in total. The molecular weight excluding hydrogens is 301 g/mol. The van der Waals surface area contributed by atoms with Crippen molar-refractivity contribution in [2.24, 2.45) is 11.8 Å². The summed E-state index contributed by atoms with van der Waals surface area (Å²) in [6.45, 7) is 8.06. The van der Waals surface area contributed by atoms with Crippen molar-refractivity contribution in [3.8, 4) is 6.07 Å². The first kappa shape index (κ1) is 17.7. The summed E-state index contributed by atoms with van der Waals surface area (Å²) in [5, 5.41) is 9.55. The maximum atomic E-state index is 13.5. The molecule has 0 fully saturated rings. The normalized spacial score (nSPS) is 20.4. The number of anilines is 1. The van der Waals surface area contributed by atoms with Crippen LogP contribution in [-0.2, 0) is 5.41 Å². The lowest BCUT2D eigenvalue weighted by atomic mass is 9.55. The number of hydrogen-bond donors (Lipinski definition) is 1. The second-order valence-electron chi connectivity index (χ2n) is 7.09. The lowest BCUT2D eigenvalue weighted by Gasteiger charge is -2.49. The van der Waals surface area contributed by atoms with Gasteiger partial charge in [-0.2, -0.15) is 18.4 Å². The zero-order valence-corrected chi connectivity index (χ0v) is 14.0. The number of nitrogens with two attached hydrogens (primary N) is 1. The van der Waals surface area contributed by atoms with E-state index >= 15 is 0 Å². The van der Waals surface area contributed by atoms with Gasteiger partial charge in [-0.05, 0) is 41.9 Å². The molecule has 5 heteroatoms. The Kier molecular flexibility index (Phi) is 4.40. The smallest absolute Gasteiger partial charge is 0.395 e. The number of nitriles is 1. The Labute approximate surface area is 135 Å². The zero-order chi connectivity index (χ0) is 17.6. The fourth-order valence-corrected chi connectivity index (χ4v) is 4.37. The molecule has 0 radical (unpaired) electrons. The van der Waals surface area contributed by atoms with Crippen LogP contribution >= 0.6 is 0 Å². The van der Waals surface area contributed by atoms with Crippen molar-refractivity contribution >= 4 is 5.69 Å². The zero-order valence-electron chi connectivity index (χ0n) is 14.0. The summed E-state index contributed by atoms with van der Waals surface area (Å²) in [4.78, 5) is 0. The molecule has 126 valence electrons. The number of benzene rings is 1. The Morgan fingerprint density at radius 2 is 1.78 bits per heavy atom. The van der Waals surface area contributed by atoms with Gasteiger partial charge in [0.25, 0.3) is 0 Å². The average molecular weight is 324 g/mol. The summed E-state index contributed by atoms with van der Waals surface area (Å²) >= 11 is 0. The van der Waals surface area contributed by atoms with Gasteiger partial charge in [0.1, 0.15) is 6.07 Å². The molecule has 0 amide bonds. The van der Waals surface area contributed by atoms with Crippen LogP contribution in [0.1, 0.15) is 63.1 Å². The Balaban J connectivity index is 2.87. The Bertz CT molecular complexity index is 631. The molecule has 23 heavy (non-hydrogen) atoms. The molecule has 0 spiro atoms. The third-order valence-corrected chi connectivity index (χ3v) is 5.52. The first-order valence-electron chi connectivity index (χ1n) is 7.97. The summed E-state index contributed by atoms with van der Waals surface area (Å²) in [5.74, 6) is -1.29. The van der Waals surface area contributed by atoms with Crippen molar-refractivity contribution in [1.29, 1.82) is 5.26 Å². The van der Waals surface area contributed by atoms with Gasteiger partial charge in [0.15, 0.2) is 0 Å². The van der Waals surface area contributed by atoms with E-state index in [0.717, 1.165) is 0 Å². The number of nitrogens with zero attached hydrogens (tertiary/aromatic N) is 1. The van der Waals surface area contributed by atoms with Gasteiger partial charge in [-0.25, -0.2) is 0 Å². The molecule has 0 heterocycles. The first-order valence-corrected chi connectivity index (χ1v) is 7.97. The van der Waals surface area contributed by atoms with E-state index in [-0.39, 0.29) is 35.1 Å². The molecule has 1 unspecified atom stereocenters. The van der Waals surface area contributed by atoms with E-state index in [4.69, 9.17) is 5.73 Å². The molecule has 1 aliphatic rings. The number of alkyl halides is 3. The van der Waals surface area contributed by atoms with Crippen LogP contribution in [0.15, 0.2) is 12.1 Å². The molecule has 0 bridgehead atoms. The lowest BCUT2D eigenvalue weighted by Crippen LogP contribution is -2.44. The van der Waals surface area contributed by atoms with E-state index in [0.29, 0.717) is 12.0 Å². The van der Waals surface area contributed by atoms with Crippen molar-refractivity contribution in [3.63, 3.8) is 0 Å². The molecule has 0 saturated heterocycles. The number of fused-ring (bicyclic) bond motifs is 1. The third kappa shape index (κ3) is 2.58. The molecule has 1 atom stereocenters. The van der Waals surface area contributed by atoms with E-state index in [1.54, 1.807) is 0 Å². The third-order valence-electron chi connectivity index (χ3n) is 5.52. The van der Waals surface area contributed by atoms with Gasteiger partial charge in [0.2, 0.25) is 0 Å². The Morgan fingerprint density at radius 3 is 2.22 bits per heavy atom. The average Bonchev–Trinajstić information content (AvgIpc) is 2.44. The van der Waals surface area contributed by atoms with E-state index in [2.05, 4.69) is 6.07 Å². The predicted molar refractivity (Wildman–Crippen MR) is 85.0 cm³/mol. The molecule has 2 rings (SSSR count). The van der Waals surface area contributed by atoms with Crippen LogP contribution in [0.25, 0.3) is 0 Å². The maximum Gasteiger partial charge on any atom is 0.395 e. The number of nitrogen functional groups attached to an aromatic ring is 1. The van der Waals surface area contributed by atoms with Gasteiger partial charge in [-0.1, -0.05) is 33.8 Å². The fourth-order valence-electron chi connectivity index (χ4n) is 4.37. The van der Waals surface area contributed by atoms with Crippen molar-refractivity contribution in [3.05, 3.63) is 28.8 Å². The summed E-state index contributed by atoms with van der Waals surface area (Å²) < 4.78 is 40.5. The predicted octanol–water partition coefficient (Wildman–Crippen LogP) is 5.13. The van der Waals surface area contributed by atoms with Gasteiger partial charge < -0.3 is 5.73 Å². The second-order valence-corrected chi connectivity index (χ2v) is 7.09. The SMILES string of the molecule is CC(C)C1(C(C)C)CCC(C(F)(F)F)c2ccc(N)c(C#N)c21. The lowest BCUT2D eigenvalue weighted by molar-refractivity contribution is -0.156. The number of halogens is 3. The van der Waals surface area contributed by atoms with E-state index in [1.165, 1.54) is 12.1 Å². The summed E-state index contributed by atoms with van der Waals surface area (Å²) in [6, 6.07) is 4.98. The quantitative estimate of drug-likeness (QED) is 0.767. The van der Waals surface area contributed by atoms with Crippen LogP contribution in [0.4, 0.5) is 18.9 Å². The highest BCUT2D eigenvalue weighted by Crippen LogP contribution is 2.56. The van der Waals surface area contributed by atoms with Crippen LogP contribution in [0.5, 0.6) is 0 Å². The topological polar surface area (TPSA) is 49.8 Å². The van der Waals surface area contributed by atoms with E-state index < -0.39 is 17.5 Å². The van der Waals surface area contributed by atoms with Crippen LogP contribution in [0, 0.1) is 23.2 Å². The fraction of sp³-hybridized carbons (Fsp3) is 0.611. The first-order chi connectivity index (χ1) is 10.6. The summed E-state index contributed by atoms with van der Waals surface area (Å²) in [5.41, 5.74) is 6.71. The molecule has 0 saturated carbocycles. The number of rotatable bonds is 2. The van der Waals surface area contributed by atoms with Crippen LogP contribution < -0.4 is 5.73 Å². The van der Waals surface area contributed by atoms with Crippen molar-refractivity contribution < 1.29 is 13.2 Å². The minimum atomic E-state index is -4.31. The van der Waals surface area contributed by atoms with Crippen molar-refractivity contribution in [2.45, 2.75) is 58.0 Å². The van der Waals surface area contributed by atoms with Gasteiger partial charge >= 0.3 is 6.18 Å². The van der Waals surface area contributed by atoms with E-state index in [9.17, 15) is 18.4 Å². The van der Waals surface area contributed by atoms with Crippen LogP contribution in [-0.4, -0.2) is 6.18 Å². The Morgan fingerprint density at radius 1 is 1.22 bits per heavy atom. The molecule has 0 aromatic heterocycles. The molecule has 1 aliphatic carbocycles. The molecule has 1 aromatic rings. The van der Waals surface area contributed by atoms with Crippen molar-refractivity contribution in [2.75, 3.05) is 5.73 Å². The summed E-state index contributed by atoms with van der Waals surface area (Å²) in [7, 11) is 0. The largest absolute Gasteiger partial charge is 0.398 e. The highest BCUT2D eigenvalue weighted by atomic mass is 19.4. The summed E-state index contributed by atoms with van der Waals surface area (Å²) in [6.07, 6.45) is -3.84. The highest BCUT2D eigenvalue weighted by molar-refractivity contribution is 5.64. The number of hydrogen-bond acceptors (Lipinski definition) is 2. The minimum absolute atomic E-state index is 0.0572. The molecule has 0 aliphatic heterocycles. The van der Waals surface area contributed by atoms with Gasteiger partial charge in [-0.15, -0.1) is 0 Å². The monoisotopic (exact) mass is 324 g/mol. The molecular formula is C18H23F3N2. The van der Waals surface area contributed by atoms with Crippen LogP contribution in [0.2, 0.25) is 0 Å².